The van der Waals surface area contributed by atoms with Crippen LogP contribution in [-0.4, -0.2) is 24.1 Å². The predicted molar refractivity (Wildman–Crippen MR) is 79.0 cm³/mol. The molecule has 1 atom stereocenters. The Morgan fingerprint density at radius 1 is 1.20 bits per heavy atom. The van der Waals surface area contributed by atoms with E-state index >= 15 is 0 Å². The summed E-state index contributed by atoms with van der Waals surface area (Å²) in [6.45, 7) is 0. The van der Waals surface area contributed by atoms with Crippen molar-refractivity contribution < 1.29 is 13.7 Å². The summed E-state index contributed by atoms with van der Waals surface area (Å²) in [7, 11) is 1.42. The molecule has 0 aromatic heterocycles. The van der Waals surface area contributed by atoms with E-state index in [-0.39, 0.29) is 5.75 Å². The van der Waals surface area contributed by atoms with Crippen LogP contribution in [0.1, 0.15) is 5.56 Å². The molecule has 0 amide bonds. The second-order valence-electron chi connectivity index (χ2n) is 4.10. The molecule has 0 aliphatic heterocycles. The number of rotatable bonds is 4. The van der Waals surface area contributed by atoms with Gasteiger partial charge < -0.3 is 9.29 Å². The highest BCUT2D eigenvalue weighted by atomic mass is 32.2. The van der Waals surface area contributed by atoms with Crippen LogP contribution in [-0.2, 0) is 11.2 Å². The molecule has 0 bridgehead atoms. The molecule has 2 aromatic carbocycles. The Kier molecular flexibility index (Phi) is 4.76. The van der Waals surface area contributed by atoms with Crippen LogP contribution in [0.5, 0.6) is 5.75 Å². The van der Waals surface area contributed by atoms with Crippen molar-refractivity contribution in [1.82, 2.24) is 0 Å². The van der Waals surface area contributed by atoms with Crippen LogP contribution in [0, 0.1) is 5.82 Å². The SMILES string of the molecule is COc1cc(C=Nc2ccc([S+](C)[O-])cc2)ccc1F. The van der Waals surface area contributed by atoms with Gasteiger partial charge in [-0.15, -0.1) is 0 Å². The van der Waals surface area contributed by atoms with Gasteiger partial charge in [0.1, 0.15) is 6.26 Å². The zero-order chi connectivity index (χ0) is 14.5. The maximum absolute atomic E-state index is 13.3. The van der Waals surface area contributed by atoms with E-state index in [0.29, 0.717) is 0 Å². The molecule has 0 aliphatic rings. The molecular weight excluding hydrogens is 277 g/mol. The van der Waals surface area contributed by atoms with Gasteiger partial charge in [-0.25, -0.2) is 4.39 Å². The first kappa shape index (κ1) is 14.6. The first-order valence-electron chi connectivity index (χ1n) is 5.91. The van der Waals surface area contributed by atoms with Crippen molar-refractivity contribution in [2.24, 2.45) is 4.99 Å². The Balaban J connectivity index is 2.16. The molecule has 0 saturated carbocycles. The van der Waals surface area contributed by atoms with Gasteiger partial charge in [0.15, 0.2) is 16.5 Å². The highest BCUT2D eigenvalue weighted by molar-refractivity contribution is 7.90. The van der Waals surface area contributed by atoms with Crippen LogP contribution >= 0.6 is 0 Å². The third kappa shape index (κ3) is 3.59. The van der Waals surface area contributed by atoms with Gasteiger partial charge in [0.25, 0.3) is 0 Å². The lowest BCUT2D eigenvalue weighted by atomic mass is 10.2. The molecule has 0 spiro atoms. The molecule has 0 N–H and O–H groups in total. The lowest BCUT2D eigenvalue weighted by molar-refractivity contribution is 0.386. The van der Waals surface area contributed by atoms with Gasteiger partial charge in [0.05, 0.1) is 12.8 Å². The number of aliphatic imine (C=N–C) groups is 1. The smallest absolute Gasteiger partial charge is 0.165 e. The molecule has 2 rings (SSSR count). The zero-order valence-electron chi connectivity index (χ0n) is 11.2. The second-order valence-corrected chi connectivity index (χ2v) is 5.48. The molecule has 0 saturated heterocycles. The van der Waals surface area contributed by atoms with Crippen LogP contribution in [0.15, 0.2) is 52.4 Å². The maximum Gasteiger partial charge on any atom is 0.165 e. The van der Waals surface area contributed by atoms with Gasteiger partial charge >= 0.3 is 0 Å². The fourth-order valence-corrected chi connectivity index (χ4v) is 2.15. The molecular formula is C15H14FNO2S. The van der Waals surface area contributed by atoms with Crippen molar-refractivity contribution in [3.8, 4) is 5.75 Å². The summed E-state index contributed by atoms with van der Waals surface area (Å²) < 4.78 is 29.4. The van der Waals surface area contributed by atoms with Crippen LogP contribution in [0.2, 0.25) is 0 Å². The third-order valence-corrected chi connectivity index (χ3v) is 3.64. The number of hydrogen-bond acceptors (Lipinski definition) is 3. The number of ether oxygens (including phenoxy) is 1. The molecule has 0 aliphatic carbocycles. The summed E-state index contributed by atoms with van der Waals surface area (Å²) in [5.74, 6) is -0.217. The van der Waals surface area contributed by atoms with Gasteiger partial charge in [-0.1, -0.05) is 6.07 Å². The molecule has 0 radical (unpaired) electrons. The molecule has 0 fully saturated rings. The van der Waals surface area contributed by atoms with Gasteiger partial charge in [-0.2, -0.15) is 0 Å². The molecule has 0 heterocycles. The van der Waals surface area contributed by atoms with Crippen LogP contribution in [0.4, 0.5) is 10.1 Å². The zero-order valence-corrected chi connectivity index (χ0v) is 12.0. The first-order valence-corrected chi connectivity index (χ1v) is 7.47. The largest absolute Gasteiger partial charge is 0.612 e. The van der Waals surface area contributed by atoms with Crippen molar-refractivity contribution in [3.05, 3.63) is 53.8 Å². The minimum Gasteiger partial charge on any atom is -0.612 e. The topological polar surface area (TPSA) is 44.6 Å². The summed E-state index contributed by atoms with van der Waals surface area (Å²) in [5.41, 5.74) is 1.48. The van der Waals surface area contributed by atoms with E-state index < -0.39 is 17.0 Å². The molecule has 5 heteroatoms. The maximum atomic E-state index is 13.3. The molecule has 2 aromatic rings. The van der Waals surface area contributed by atoms with E-state index in [1.807, 2.05) is 0 Å². The predicted octanol–water partition coefficient (Wildman–Crippen LogP) is 3.32. The van der Waals surface area contributed by atoms with Gasteiger partial charge in [-0.05, 0) is 53.1 Å². The monoisotopic (exact) mass is 291 g/mol. The minimum absolute atomic E-state index is 0.186. The van der Waals surface area contributed by atoms with Crippen LogP contribution in [0.25, 0.3) is 0 Å². The van der Waals surface area contributed by atoms with Crippen molar-refractivity contribution in [2.75, 3.05) is 13.4 Å². The normalized spacial score (nSPS) is 12.6. The Morgan fingerprint density at radius 2 is 1.90 bits per heavy atom. The van der Waals surface area contributed by atoms with E-state index in [1.165, 1.54) is 13.2 Å². The van der Waals surface area contributed by atoms with Crippen molar-refractivity contribution in [3.63, 3.8) is 0 Å². The van der Waals surface area contributed by atoms with Gasteiger partial charge in [0.2, 0.25) is 0 Å². The summed E-state index contributed by atoms with van der Waals surface area (Å²) in [4.78, 5) is 5.04. The summed E-state index contributed by atoms with van der Waals surface area (Å²) in [6.07, 6.45) is 3.25. The fraction of sp³-hybridized carbons (Fsp3) is 0.133. The first-order chi connectivity index (χ1) is 9.60. The average molecular weight is 291 g/mol. The lowest BCUT2D eigenvalue weighted by Gasteiger charge is -2.04. The van der Waals surface area contributed by atoms with Crippen LogP contribution in [0.3, 0.4) is 0 Å². The van der Waals surface area contributed by atoms with Crippen molar-refractivity contribution >= 4 is 23.1 Å². The number of hydrogen-bond donors (Lipinski definition) is 0. The van der Waals surface area contributed by atoms with E-state index in [9.17, 15) is 8.94 Å². The number of benzene rings is 2. The Labute approximate surface area is 120 Å². The number of nitrogens with zero attached hydrogens (tertiary/aromatic N) is 1. The fourth-order valence-electron chi connectivity index (χ4n) is 1.63. The minimum atomic E-state index is -0.994. The summed E-state index contributed by atoms with van der Waals surface area (Å²) in [5, 5.41) is 0. The number of methoxy groups -OCH3 is 1. The van der Waals surface area contributed by atoms with Crippen molar-refractivity contribution in [2.45, 2.75) is 4.90 Å². The highest BCUT2D eigenvalue weighted by Crippen LogP contribution is 2.19. The van der Waals surface area contributed by atoms with E-state index in [0.717, 1.165) is 16.1 Å². The Bertz CT molecular complexity index is 612. The Hall–Kier alpha value is -1.85. The average Bonchev–Trinajstić information content (AvgIpc) is 2.46. The Morgan fingerprint density at radius 3 is 2.50 bits per heavy atom. The summed E-state index contributed by atoms with van der Waals surface area (Å²) >= 11 is -0.994. The van der Waals surface area contributed by atoms with Gasteiger partial charge in [0, 0.05) is 6.21 Å². The van der Waals surface area contributed by atoms with E-state index in [4.69, 9.17) is 4.74 Å². The van der Waals surface area contributed by atoms with E-state index in [2.05, 4.69) is 4.99 Å². The quantitative estimate of drug-likeness (QED) is 0.640. The molecule has 3 nitrogen and oxygen atoms in total. The van der Waals surface area contributed by atoms with Gasteiger partial charge in [-0.3, -0.25) is 4.99 Å². The van der Waals surface area contributed by atoms with Crippen molar-refractivity contribution in [1.29, 1.82) is 0 Å². The molecule has 20 heavy (non-hydrogen) atoms. The standard InChI is InChI=1S/C15H14FNO2S/c1-19-15-9-11(3-8-14(15)16)10-17-12-4-6-13(7-5-12)20(2)18/h3-10H,1-2H3. The second kappa shape index (κ2) is 6.54. The number of halogens is 1. The van der Waals surface area contributed by atoms with Crippen LogP contribution < -0.4 is 4.74 Å². The third-order valence-electron chi connectivity index (χ3n) is 2.71. The molecule has 104 valence electrons. The summed E-state index contributed by atoms with van der Waals surface area (Å²) in [6, 6.07) is 11.7. The lowest BCUT2D eigenvalue weighted by Crippen LogP contribution is -1.95. The molecule has 1 unspecified atom stereocenters. The van der Waals surface area contributed by atoms with E-state index in [1.54, 1.807) is 48.9 Å². The highest BCUT2D eigenvalue weighted by Gasteiger charge is 2.03.